The lowest BCUT2D eigenvalue weighted by Gasteiger charge is -2.07. The molecule has 1 aromatic carbocycles. The zero-order valence-electron chi connectivity index (χ0n) is 18.3. The van der Waals surface area contributed by atoms with Crippen molar-refractivity contribution in [3.05, 3.63) is 42.2 Å². The highest BCUT2D eigenvalue weighted by atomic mass is 16.5. The fraction of sp³-hybridized carbons (Fsp3) is 0.600. The molecule has 0 saturated heterocycles. The summed E-state index contributed by atoms with van der Waals surface area (Å²) in [6.45, 7) is 4.83. The van der Waals surface area contributed by atoms with Crippen LogP contribution in [0.2, 0.25) is 0 Å². The minimum Gasteiger partial charge on any atom is -0.490 e. The Morgan fingerprint density at radius 1 is 0.862 bits per heavy atom. The molecule has 1 N–H and O–H groups in total. The maximum absolute atomic E-state index is 9.35. The standard InChI is InChI=1S/C25H38N2O2/c1-3-4-5-6-7-8-9-10-18-29-24-19-26-25(27-20-24)23-16-14-22(15-17-23)13-11-12-21(2)28/h14-17,19-21,28H,3-13,18H2,1-2H3. The van der Waals surface area contributed by atoms with Gasteiger partial charge in [-0.2, -0.15) is 0 Å². The lowest BCUT2D eigenvalue weighted by atomic mass is 10.0. The molecule has 0 amide bonds. The maximum Gasteiger partial charge on any atom is 0.159 e. The Morgan fingerprint density at radius 3 is 2.10 bits per heavy atom. The average molecular weight is 399 g/mol. The normalized spacial score (nSPS) is 12.1. The van der Waals surface area contributed by atoms with Crippen molar-refractivity contribution in [2.75, 3.05) is 6.61 Å². The Kier molecular flexibility index (Phi) is 11.4. The second kappa shape index (κ2) is 14.1. The second-order valence-electron chi connectivity index (χ2n) is 8.00. The Labute approximate surface area is 176 Å². The van der Waals surface area contributed by atoms with Crippen LogP contribution in [0.25, 0.3) is 11.4 Å². The van der Waals surface area contributed by atoms with Gasteiger partial charge in [-0.1, -0.05) is 76.1 Å². The molecule has 4 nitrogen and oxygen atoms in total. The number of ether oxygens (including phenoxy) is 1. The van der Waals surface area contributed by atoms with Crippen molar-refractivity contribution in [2.45, 2.75) is 90.6 Å². The van der Waals surface area contributed by atoms with Crippen molar-refractivity contribution in [2.24, 2.45) is 0 Å². The van der Waals surface area contributed by atoms with Crippen LogP contribution in [-0.2, 0) is 6.42 Å². The summed E-state index contributed by atoms with van der Waals surface area (Å²) in [6, 6.07) is 8.36. The third-order valence-corrected chi connectivity index (χ3v) is 5.19. The van der Waals surface area contributed by atoms with Gasteiger partial charge in [-0.25, -0.2) is 9.97 Å². The summed E-state index contributed by atoms with van der Waals surface area (Å²) >= 11 is 0. The highest BCUT2D eigenvalue weighted by molar-refractivity contribution is 5.55. The number of benzene rings is 1. The van der Waals surface area contributed by atoms with Gasteiger partial charge >= 0.3 is 0 Å². The average Bonchev–Trinajstić information content (AvgIpc) is 2.73. The molecule has 0 aliphatic heterocycles. The Bertz CT molecular complexity index is 654. The van der Waals surface area contributed by atoms with E-state index in [0.29, 0.717) is 0 Å². The van der Waals surface area contributed by atoms with Crippen molar-refractivity contribution >= 4 is 0 Å². The molecule has 1 atom stereocenters. The van der Waals surface area contributed by atoms with Gasteiger partial charge in [-0.05, 0) is 38.2 Å². The van der Waals surface area contributed by atoms with Gasteiger partial charge in [0.15, 0.2) is 11.6 Å². The van der Waals surface area contributed by atoms with Crippen LogP contribution in [0, 0.1) is 0 Å². The molecule has 0 spiro atoms. The third-order valence-electron chi connectivity index (χ3n) is 5.19. The Balaban J connectivity index is 1.66. The first-order valence-corrected chi connectivity index (χ1v) is 11.4. The fourth-order valence-corrected chi connectivity index (χ4v) is 3.39. The van der Waals surface area contributed by atoms with Crippen molar-refractivity contribution in [3.63, 3.8) is 0 Å². The number of aromatic nitrogens is 2. The van der Waals surface area contributed by atoms with E-state index in [9.17, 15) is 5.11 Å². The van der Waals surface area contributed by atoms with Crippen LogP contribution in [0.15, 0.2) is 36.7 Å². The molecular formula is C25H38N2O2. The second-order valence-corrected chi connectivity index (χ2v) is 8.00. The van der Waals surface area contributed by atoms with Gasteiger partial charge in [0, 0.05) is 5.56 Å². The van der Waals surface area contributed by atoms with Crippen LogP contribution >= 0.6 is 0 Å². The SMILES string of the molecule is CCCCCCCCCCOc1cnc(-c2ccc(CCCC(C)O)cc2)nc1. The lowest BCUT2D eigenvalue weighted by molar-refractivity contribution is 0.182. The zero-order chi connectivity index (χ0) is 20.7. The summed E-state index contributed by atoms with van der Waals surface area (Å²) < 4.78 is 5.78. The molecule has 1 unspecified atom stereocenters. The predicted octanol–water partition coefficient (Wildman–Crippen LogP) is 6.37. The van der Waals surface area contributed by atoms with E-state index in [0.717, 1.165) is 49.4 Å². The molecule has 29 heavy (non-hydrogen) atoms. The van der Waals surface area contributed by atoms with Gasteiger partial charge in [0.05, 0.1) is 25.1 Å². The summed E-state index contributed by atoms with van der Waals surface area (Å²) in [5, 5.41) is 9.35. The molecule has 4 heteroatoms. The van der Waals surface area contributed by atoms with Crippen LogP contribution in [0.1, 0.15) is 83.6 Å². The van der Waals surface area contributed by atoms with Crippen LogP contribution < -0.4 is 4.74 Å². The molecule has 160 valence electrons. The topological polar surface area (TPSA) is 55.2 Å². The highest BCUT2D eigenvalue weighted by Gasteiger charge is 2.04. The van der Waals surface area contributed by atoms with E-state index in [1.807, 2.05) is 6.92 Å². The quantitative estimate of drug-likeness (QED) is 0.354. The van der Waals surface area contributed by atoms with E-state index in [2.05, 4.69) is 41.2 Å². The summed E-state index contributed by atoms with van der Waals surface area (Å²) in [4.78, 5) is 8.90. The van der Waals surface area contributed by atoms with E-state index < -0.39 is 0 Å². The summed E-state index contributed by atoms with van der Waals surface area (Å²) in [6.07, 6.45) is 16.5. The van der Waals surface area contributed by atoms with Crippen molar-refractivity contribution in [1.82, 2.24) is 9.97 Å². The number of aryl methyl sites for hydroxylation is 1. The molecule has 0 saturated carbocycles. The first-order chi connectivity index (χ1) is 14.2. The van der Waals surface area contributed by atoms with Gasteiger partial charge in [0.25, 0.3) is 0 Å². The zero-order valence-corrected chi connectivity index (χ0v) is 18.3. The maximum atomic E-state index is 9.35. The number of aliphatic hydroxyl groups is 1. The third kappa shape index (κ3) is 9.89. The van der Waals surface area contributed by atoms with Crippen LogP contribution in [0.4, 0.5) is 0 Å². The predicted molar refractivity (Wildman–Crippen MR) is 120 cm³/mol. The lowest BCUT2D eigenvalue weighted by Crippen LogP contribution is -2.00. The molecule has 2 aromatic rings. The molecule has 0 bridgehead atoms. The van der Waals surface area contributed by atoms with E-state index >= 15 is 0 Å². The summed E-state index contributed by atoms with van der Waals surface area (Å²) in [7, 11) is 0. The smallest absolute Gasteiger partial charge is 0.159 e. The summed E-state index contributed by atoms with van der Waals surface area (Å²) in [5.41, 5.74) is 2.29. The number of hydrogen-bond acceptors (Lipinski definition) is 4. The van der Waals surface area contributed by atoms with Gasteiger partial charge in [0.1, 0.15) is 0 Å². The summed E-state index contributed by atoms with van der Waals surface area (Å²) in [5.74, 6) is 1.46. The number of aliphatic hydroxyl groups excluding tert-OH is 1. The van der Waals surface area contributed by atoms with Gasteiger partial charge in [-0.3, -0.25) is 0 Å². The molecule has 0 radical (unpaired) electrons. The number of hydrogen-bond donors (Lipinski definition) is 1. The fourth-order valence-electron chi connectivity index (χ4n) is 3.39. The molecule has 1 heterocycles. The minimum absolute atomic E-state index is 0.223. The van der Waals surface area contributed by atoms with Crippen molar-refractivity contribution in [3.8, 4) is 17.1 Å². The van der Waals surface area contributed by atoms with Crippen LogP contribution in [-0.4, -0.2) is 27.8 Å². The monoisotopic (exact) mass is 398 g/mol. The number of rotatable bonds is 15. The van der Waals surface area contributed by atoms with E-state index in [-0.39, 0.29) is 6.10 Å². The molecule has 1 aromatic heterocycles. The van der Waals surface area contributed by atoms with E-state index in [1.54, 1.807) is 12.4 Å². The van der Waals surface area contributed by atoms with Gasteiger partial charge in [0.2, 0.25) is 0 Å². The van der Waals surface area contributed by atoms with Gasteiger partial charge in [-0.15, -0.1) is 0 Å². The van der Waals surface area contributed by atoms with E-state index in [1.165, 1.54) is 50.5 Å². The minimum atomic E-state index is -0.223. The Hall–Kier alpha value is -1.94. The molecular weight excluding hydrogens is 360 g/mol. The van der Waals surface area contributed by atoms with Crippen LogP contribution in [0.3, 0.4) is 0 Å². The first kappa shape index (κ1) is 23.3. The van der Waals surface area contributed by atoms with Crippen molar-refractivity contribution in [1.29, 1.82) is 0 Å². The van der Waals surface area contributed by atoms with Crippen molar-refractivity contribution < 1.29 is 9.84 Å². The number of unbranched alkanes of at least 4 members (excludes halogenated alkanes) is 7. The first-order valence-electron chi connectivity index (χ1n) is 11.4. The van der Waals surface area contributed by atoms with E-state index in [4.69, 9.17) is 4.74 Å². The molecule has 0 aliphatic rings. The van der Waals surface area contributed by atoms with Crippen LogP contribution in [0.5, 0.6) is 5.75 Å². The molecule has 0 aliphatic carbocycles. The number of nitrogens with zero attached hydrogens (tertiary/aromatic N) is 2. The molecule has 2 rings (SSSR count). The highest BCUT2D eigenvalue weighted by Crippen LogP contribution is 2.18. The molecule has 0 fully saturated rings. The Morgan fingerprint density at radius 2 is 1.48 bits per heavy atom. The largest absolute Gasteiger partial charge is 0.490 e. The van der Waals surface area contributed by atoms with Gasteiger partial charge < -0.3 is 9.84 Å².